The molecule has 1 heterocycles. The highest BCUT2D eigenvalue weighted by Gasteiger charge is 2.04. The van der Waals surface area contributed by atoms with E-state index in [1.807, 2.05) is 60.8 Å². The number of fused-ring (bicyclic) bond motifs is 1. The van der Waals surface area contributed by atoms with Crippen LogP contribution in [0.25, 0.3) is 10.9 Å². The maximum absolute atomic E-state index is 10.8. The Kier molecular flexibility index (Phi) is 4.62. The van der Waals surface area contributed by atoms with Gasteiger partial charge in [-0.3, -0.25) is 4.79 Å². The molecule has 118 valence electrons. The van der Waals surface area contributed by atoms with E-state index in [1.54, 1.807) is 0 Å². The minimum atomic E-state index is -0.252. The first-order valence-electron chi connectivity index (χ1n) is 7.61. The van der Waals surface area contributed by atoms with Crippen molar-refractivity contribution in [3.05, 3.63) is 66.4 Å². The Hall–Kier alpha value is -2.75. The second-order valence-electron chi connectivity index (χ2n) is 5.34. The van der Waals surface area contributed by atoms with Crippen LogP contribution in [-0.2, 0) is 22.7 Å². The summed E-state index contributed by atoms with van der Waals surface area (Å²) in [5.74, 6) is 0.595. The molecule has 23 heavy (non-hydrogen) atoms. The van der Waals surface area contributed by atoms with Crippen molar-refractivity contribution in [3.63, 3.8) is 0 Å². The van der Waals surface area contributed by atoms with Crippen molar-refractivity contribution in [1.82, 2.24) is 4.57 Å². The molecular weight excluding hydrogens is 290 g/mol. The summed E-state index contributed by atoms with van der Waals surface area (Å²) in [5, 5.41) is 1.11. The zero-order valence-electron chi connectivity index (χ0n) is 13.1. The Morgan fingerprint density at radius 3 is 2.70 bits per heavy atom. The van der Waals surface area contributed by atoms with Crippen molar-refractivity contribution < 1.29 is 14.3 Å². The molecule has 0 radical (unpaired) electrons. The summed E-state index contributed by atoms with van der Waals surface area (Å²) in [6, 6.07) is 18.2. The van der Waals surface area contributed by atoms with E-state index in [4.69, 9.17) is 9.47 Å². The molecule has 1 aromatic heterocycles. The predicted molar refractivity (Wildman–Crippen MR) is 89.3 cm³/mol. The van der Waals surface area contributed by atoms with E-state index in [0.717, 1.165) is 22.2 Å². The molecule has 0 saturated carbocycles. The highest BCUT2D eigenvalue weighted by atomic mass is 16.5. The van der Waals surface area contributed by atoms with Gasteiger partial charge in [-0.15, -0.1) is 0 Å². The number of esters is 1. The molecule has 0 fully saturated rings. The average molecular weight is 309 g/mol. The molecule has 3 aromatic rings. The van der Waals surface area contributed by atoms with Gasteiger partial charge in [-0.1, -0.05) is 30.3 Å². The van der Waals surface area contributed by atoms with E-state index >= 15 is 0 Å². The number of carbonyl (C=O) groups excluding carboxylic acids is 1. The van der Waals surface area contributed by atoms with Crippen LogP contribution < -0.4 is 4.74 Å². The van der Waals surface area contributed by atoms with Crippen LogP contribution in [0.5, 0.6) is 5.75 Å². The summed E-state index contributed by atoms with van der Waals surface area (Å²) in [6.07, 6.45) is 2.00. The monoisotopic (exact) mass is 309 g/mol. The van der Waals surface area contributed by atoms with Gasteiger partial charge in [0.1, 0.15) is 19.0 Å². The smallest absolute Gasteiger partial charge is 0.302 e. The lowest BCUT2D eigenvalue weighted by Crippen LogP contribution is -2.07. The largest absolute Gasteiger partial charge is 0.489 e. The third kappa shape index (κ3) is 3.92. The van der Waals surface area contributed by atoms with Crippen LogP contribution in [-0.4, -0.2) is 17.1 Å². The summed E-state index contributed by atoms with van der Waals surface area (Å²) >= 11 is 0. The minimum Gasteiger partial charge on any atom is -0.489 e. The van der Waals surface area contributed by atoms with Gasteiger partial charge in [-0.05, 0) is 29.8 Å². The van der Waals surface area contributed by atoms with Gasteiger partial charge in [0.15, 0.2) is 0 Å². The molecule has 0 spiro atoms. The lowest BCUT2D eigenvalue weighted by molar-refractivity contribution is -0.141. The zero-order chi connectivity index (χ0) is 16.1. The van der Waals surface area contributed by atoms with Crippen molar-refractivity contribution in [1.29, 1.82) is 0 Å². The van der Waals surface area contributed by atoms with Gasteiger partial charge in [-0.25, -0.2) is 0 Å². The fraction of sp³-hybridized carbons (Fsp3) is 0.211. The molecule has 0 aliphatic rings. The molecule has 0 aliphatic heterocycles. The molecule has 0 N–H and O–H groups in total. The number of rotatable bonds is 6. The van der Waals surface area contributed by atoms with Crippen molar-refractivity contribution in [3.8, 4) is 5.75 Å². The number of hydrogen-bond acceptors (Lipinski definition) is 3. The lowest BCUT2D eigenvalue weighted by atomic mass is 10.2. The molecule has 3 rings (SSSR count). The molecule has 0 unspecified atom stereocenters. The van der Waals surface area contributed by atoms with Crippen LogP contribution in [0.1, 0.15) is 12.5 Å². The number of ether oxygens (including phenoxy) is 2. The Labute approximate surface area is 135 Å². The van der Waals surface area contributed by atoms with Crippen LogP contribution in [0.3, 0.4) is 0 Å². The summed E-state index contributed by atoms with van der Waals surface area (Å²) < 4.78 is 12.9. The lowest BCUT2D eigenvalue weighted by Gasteiger charge is -2.08. The second-order valence-corrected chi connectivity index (χ2v) is 5.34. The minimum absolute atomic E-state index is 0.252. The van der Waals surface area contributed by atoms with Gasteiger partial charge >= 0.3 is 5.97 Å². The van der Waals surface area contributed by atoms with Crippen molar-refractivity contribution >= 4 is 16.9 Å². The van der Waals surface area contributed by atoms with Crippen LogP contribution in [0.2, 0.25) is 0 Å². The third-order valence-electron chi connectivity index (χ3n) is 3.63. The van der Waals surface area contributed by atoms with E-state index in [1.165, 1.54) is 6.92 Å². The van der Waals surface area contributed by atoms with Crippen LogP contribution in [0.4, 0.5) is 0 Å². The Bertz CT molecular complexity index is 793. The van der Waals surface area contributed by atoms with E-state index in [0.29, 0.717) is 19.8 Å². The predicted octanol–water partition coefficient (Wildman–Crippen LogP) is 3.78. The fourth-order valence-corrected chi connectivity index (χ4v) is 2.49. The standard InChI is InChI=1S/C19H19NO3/c1-15(21)22-12-11-20-10-9-17-13-18(7-8-19(17)20)23-14-16-5-3-2-4-6-16/h2-10,13H,11-12,14H2,1H3. The fourth-order valence-electron chi connectivity index (χ4n) is 2.49. The number of nitrogens with zero attached hydrogens (tertiary/aromatic N) is 1. The normalized spacial score (nSPS) is 10.7. The highest BCUT2D eigenvalue weighted by Crippen LogP contribution is 2.22. The Morgan fingerprint density at radius 1 is 1.09 bits per heavy atom. The van der Waals surface area contributed by atoms with E-state index in [9.17, 15) is 4.79 Å². The Balaban J connectivity index is 1.67. The first-order chi connectivity index (χ1) is 11.2. The molecule has 4 heteroatoms. The van der Waals surface area contributed by atoms with Gasteiger partial charge in [-0.2, -0.15) is 0 Å². The molecule has 2 aromatic carbocycles. The maximum atomic E-state index is 10.8. The molecular formula is C19H19NO3. The van der Waals surface area contributed by atoms with E-state index < -0.39 is 0 Å². The molecule has 4 nitrogen and oxygen atoms in total. The first kappa shape index (κ1) is 15.2. The molecule has 0 aliphatic carbocycles. The maximum Gasteiger partial charge on any atom is 0.302 e. The molecule has 0 amide bonds. The quantitative estimate of drug-likeness (QED) is 0.651. The van der Waals surface area contributed by atoms with Crippen LogP contribution >= 0.6 is 0 Å². The van der Waals surface area contributed by atoms with E-state index in [2.05, 4.69) is 4.57 Å². The number of aromatic nitrogens is 1. The Morgan fingerprint density at radius 2 is 1.91 bits per heavy atom. The second kappa shape index (κ2) is 7.01. The average Bonchev–Trinajstić information content (AvgIpc) is 2.96. The summed E-state index contributed by atoms with van der Waals surface area (Å²) in [5.41, 5.74) is 2.25. The van der Waals surface area contributed by atoms with Crippen LogP contribution in [0.15, 0.2) is 60.8 Å². The number of benzene rings is 2. The van der Waals surface area contributed by atoms with Gasteiger partial charge in [0.25, 0.3) is 0 Å². The van der Waals surface area contributed by atoms with E-state index in [-0.39, 0.29) is 5.97 Å². The summed E-state index contributed by atoms with van der Waals surface area (Å²) in [7, 11) is 0. The van der Waals surface area contributed by atoms with Crippen molar-refractivity contribution in [2.45, 2.75) is 20.1 Å². The first-order valence-corrected chi connectivity index (χ1v) is 7.61. The molecule has 0 atom stereocenters. The summed E-state index contributed by atoms with van der Waals surface area (Å²) in [4.78, 5) is 10.8. The van der Waals surface area contributed by atoms with Gasteiger partial charge in [0, 0.05) is 24.0 Å². The highest BCUT2D eigenvalue weighted by molar-refractivity contribution is 5.81. The van der Waals surface area contributed by atoms with Gasteiger partial charge < -0.3 is 14.0 Å². The number of hydrogen-bond donors (Lipinski definition) is 0. The zero-order valence-corrected chi connectivity index (χ0v) is 13.1. The van der Waals surface area contributed by atoms with Crippen molar-refractivity contribution in [2.75, 3.05) is 6.61 Å². The number of carbonyl (C=O) groups is 1. The van der Waals surface area contributed by atoms with Gasteiger partial charge in [0.2, 0.25) is 0 Å². The third-order valence-corrected chi connectivity index (χ3v) is 3.63. The van der Waals surface area contributed by atoms with Gasteiger partial charge in [0.05, 0.1) is 6.54 Å². The molecule has 0 saturated heterocycles. The molecule has 0 bridgehead atoms. The van der Waals surface area contributed by atoms with Crippen molar-refractivity contribution in [2.24, 2.45) is 0 Å². The SMILES string of the molecule is CC(=O)OCCn1ccc2cc(OCc3ccccc3)ccc21. The summed E-state index contributed by atoms with van der Waals surface area (Å²) in [6.45, 7) is 3.00. The topological polar surface area (TPSA) is 40.5 Å². The van der Waals surface area contributed by atoms with Crippen LogP contribution in [0, 0.1) is 0 Å².